The van der Waals surface area contributed by atoms with Gasteiger partial charge in [-0.2, -0.15) is 0 Å². The summed E-state index contributed by atoms with van der Waals surface area (Å²) >= 11 is 0. The van der Waals surface area contributed by atoms with Crippen molar-refractivity contribution >= 4 is 195 Å². The Morgan fingerprint density at radius 1 is 0.116 bits per heavy atom. The fourth-order valence-electron chi connectivity index (χ4n) is 22.8. The summed E-state index contributed by atoms with van der Waals surface area (Å²) in [7, 11) is 0. The van der Waals surface area contributed by atoms with Crippen molar-refractivity contribution in [2.45, 2.75) is 0 Å². The first-order chi connectivity index (χ1) is 64.0. The molecule has 0 radical (unpaired) electrons. The van der Waals surface area contributed by atoms with Gasteiger partial charge in [-0.1, -0.05) is 364 Å². The third-order valence-corrected chi connectivity index (χ3v) is 28.4. The molecule has 0 bridgehead atoms. The summed E-state index contributed by atoms with van der Waals surface area (Å²) in [6.07, 6.45) is 0. The third-order valence-electron chi connectivity index (χ3n) is 28.4. The molecular weight excluding hydrogens is 1560 g/mol. The zero-order valence-electron chi connectivity index (χ0n) is 70.1. The van der Waals surface area contributed by atoms with Gasteiger partial charge in [-0.25, -0.2) is 0 Å². The molecule has 28 rings (SSSR count). The largest absolute Gasteiger partial charge is 0.308 e. The van der Waals surface area contributed by atoms with Crippen molar-refractivity contribution in [2.24, 2.45) is 0 Å². The van der Waals surface area contributed by atoms with Crippen LogP contribution in [-0.4, -0.2) is 13.7 Å². The molecule has 0 N–H and O–H groups in total. The van der Waals surface area contributed by atoms with Crippen LogP contribution in [0.2, 0.25) is 0 Å². The first kappa shape index (κ1) is 71.4. The average molecular weight is 1630 g/mol. The molecule has 0 saturated carbocycles. The molecule has 0 saturated heterocycles. The van der Waals surface area contributed by atoms with Gasteiger partial charge in [-0.3, -0.25) is 0 Å². The molecule has 3 heteroatoms. The molecule has 0 spiro atoms. The summed E-state index contributed by atoms with van der Waals surface area (Å²) in [6, 6.07) is 173. The van der Waals surface area contributed by atoms with Crippen LogP contribution in [0.25, 0.3) is 279 Å². The summed E-state index contributed by atoms with van der Waals surface area (Å²) in [5.41, 5.74) is 24.2. The zero-order chi connectivity index (χ0) is 84.2. The van der Waals surface area contributed by atoms with Gasteiger partial charge < -0.3 is 13.7 Å². The minimum absolute atomic E-state index is 1.06. The first-order valence-corrected chi connectivity index (χ1v) is 44.8. The molecule has 3 nitrogen and oxygen atoms in total. The predicted octanol–water partition coefficient (Wildman–Crippen LogP) is 34.8. The highest BCUT2D eigenvalue weighted by atomic mass is 15.0. The van der Waals surface area contributed by atoms with Crippen LogP contribution in [0.5, 0.6) is 0 Å². The Kier molecular flexibility index (Phi) is 15.4. The Morgan fingerprint density at radius 2 is 0.287 bits per heavy atom. The minimum atomic E-state index is 1.06. The van der Waals surface area contributed by atoms with Crippen LogP contribution in [0.4, 0.5) is 0 Å². The van der Waals surface area contributed by atoms with Crippen molar-refractivity contribution in [3.05, 3.63) is 455 Å². The van der Waals surface area contributed by atoms with E-state index in [1.807, 2.05) is 0 Å². The quantitative estimate of drug-likeness (QED) is 0.128. The van der Waals surface area contributed by atoms with Crippen LogP contribution in [0.15, 0.2) is 455 Å². The maximum absolute atomic E-state index is 2.67. The number of nitrogens with zero attached hydrogens (tertiary/aromatic N) is 3. The zero-order valence-corrected chi connectivity index (χ0v) is 70.1. The van der Waals surface area contributed by atoms with Gasteiger partial charge in [-0.15, -0.1) is 0 Å². The van der Waals surface area contributed by atoms with Gasteiger partial charge in [0.2, 0.25) is 0 Å². The molecule has 3 aromatic heterocycles. The molecule has 3 heterocycles. The SMILES string of the molecule is c1ccc2cc(-c3c4ccccc4c(-c4ccc5ccccc5c4)c4cc(-n5c6ccccc6c6c5c5c7ccccc7n(-c7ccc8c(-c9ccc%10ccccc%10c9)c9ccccc9c(-c9ccc%10ccccc%10c9)c8c7)c5c5c7ccccc7n(-c7ccc8c(-c9ccc%10ccccc%10c9)c9ccccc9c(-c9ccc%10ccccc%10c9)c8c7)c65)ccc34)ccc2c1. The van der Waals surface area contributed by atoms with Crippen LogP contribution in [0, 0.1) is 0 Å². The van der Waals surface area contributed by atoms with E-state index in [0.29, 0.717) is 0 Å². The number of para-hydroxylation sites is 3. The molecule has 129 heavy (non-hydrogen) atoms. The molecule has 28 aromatic rings. The van der Waals surface area contributed by atoms with Crippen LogP contribution in [0.1, 0.15) is 0 Å². The van der Waals surface area contributed by atoms with E-state index in [1.54, 1.807) is 0 Å². The number of rotatable bonds is 9. The topological polar surface area (TPSA) is 14.8 Å². The van der Waals surface area contributed by atoms with Gasteiger partial charge in [0.05, 0.1) is 33.1 Å². The Bertz CT molecular complexity index is 8870. The smallest absolute Gasteiger partial charge is 0.0663 e. The number of hydrogen-bond donors (Lipinski definition) is 0. The Morgan fingerprint density at radius 3 is 0.504 bits per heavy atom. The lowest BCUT2D eigenvalue weighted by atomic mass is 9.85. The van der Waals surface area contributed by atoms with Crippen molar-refractivity contribution < 1.29 is 0 Å². The highest BCUT2D eigenvalue weighted by molar-refractivity contribution is 6.41. The van der Waals surface area contributed by atoms with Gasteiger partial charge in [-0.05, 0) is 287 Å². The van der Waals surface area contributed by atoms with Crippen molar-refractivity contribution in [3.8, 4) is 83.8 Å². The Balaban J connectivity index is 0.807. The summed E-state index contributed by atoms with van der Waals surface area (Å²) in [5.74, 6) is 0. The van der Waals surface area contributed by atoms with Gasteiger partial charge in [0.25, 0.3) is 0 Å². The normalized spacial score (nSPS) is 12.2. The van der Waals surface area contributed by atoms with E-state index in [0.717, 1.165) is 66.3 Å². The number of benzene rings is 25. The number of aromatic nitrogens is 3. The highest BCUT2D eigenvalue weighted by Crippen LogP contribution is 2.55. The maximum Gasteiger partial charge on any atom is 0.0663 e. The highest BCUT2D eigenvalue weighted by Gasteiger charge is 2.32. The number of fused-ring (bicyclic) bond motifs is 24. The van der Waals surface area contributed by atoms with E-state index in [-0.39, 0.29) is 0 Å². The molecule has 0 fully saturated rings. The van der Waals surface area contributed by atoms with Crippen LogP contribution < -0.4 is 0 Å². The van der Waals surface area contributed by atoms with Gasteiger partial charge >= 0.3 is 0 Å². The van der Waals surface area contributed by atoms with Gasteiger partial charge in [0.15, 0.2) is 0 Å². The molecule has 594 valence electrons. The summed E-state index contributed by atoms with van der Waals surface area (Å²) in [6.45, 7) is 0. The van der Waals surface area contributed by atoms with E-state index in [1.165, 1.54) is 212 Å². The number of hydrogen-bond acceptors (Lipinski definition) is 0. The van der Waals surface area contributed by atoms with Gasteiger partial charge in [0.1, 0.15) is 0 Å². The fraction of sp³-hybridized carbons (Fsp3) is 0. The summed E-state index contributed by atoms with van der Waals surface area (Å²) in [4.78, 5) is 0. The van der Waals surface area contributed by atoms with Crippen LogP contribution >= 0.6 is 0 Å². The van der Waals surface area contributed by atoms with E-state index in [9.17, 15) is 0 Å². The second-order valence-corrected chi connectivity index (χ2v) is 35.2. The van der Waals surface area contributed by atoms with E-state index in [2.05, 4.69) is 469 Å². The fourth-order valence-corrected chi connectivity index (χ4v) is 22.8. The van der Waals surface area contributed by atoms with Crippen molar-refractivity contribution in [2.75, 3.05) is 0 Å². The predicted molar refractivity (Wildman–Crippen MR) is 552 cm³/mol. The van der Waals surface area contributed by atoms with E-state index in [4.69, 9.17) is 0 Å². The molecule has 25 aromatic carbocycles. The Hall–Kier alpha value is -17.0. The standard InChI is InChI=1S/C126H75N3/c1-7-31-82-67-88(55-49-76(82)25-1)115-97-37-13-16-40-100(97)118(91-58-52-79-28-4-10-34-85(79)70-91)109-73-94(61-64-103(109)115)127-112-46-22-19-43-106(112)121-124(127)122-107-44-20-23-47-113(107)128(95-62-65-104-110(74-95)119(92-59-53-80-29-5-11-35-86(80)71-92)101-41-17-14-38-98(101)116(104)89-56-50-77-26-2-8-32-83(77)68-89)126(122)123-108-45-21-24-48-114(108)129(125(121)123)96-63-66-105-111(75-96)120(93-60-54-81-30-6-12-36-87(81)72-93)102-42-18-15-39-99(102)117(105)90-57-51-78-27-3-9-33-84(78)69-90/h1-75H. The van der Waals surface area contributed by atoms with E-state index < -0.39 is 0 Å². The first-order valence-electron chi connectivity index (χ1n) is 44.8. The lowest BCUT2D eigenvalue weighted by Crippen LogP contribution is -2.00. The van der Waals surface area contributed by atoms with Crippen molar-refractivity contribution in [1.82, 2.24) is 13.7 Å². The third kappa shape index (κ3) is 10.6. The monoisotopic (exact) mass is 1630 g/mol. The summed E-state index contributed by atoms with van der Waals surface area (Å²) in [5, 5.41) is 35.8. The average Bonchev–Trinajstić information content (AvgIpc) is 1.50. The second-order valence-electron chi connectivity index (χ2n) is 35.2. The molecule has 0 aliphatic rings. The van der Waals surface area contributed by atoms with Gasteiger partial charge in [0, 0.05) is 49.4 Å². The van der Waals surface area contributed by atoms with Crippen molar-refractivity contribution in [3.63, 3.8) is 0 Å². The lowest BCUT2D eigenvalue weighted by molar-refractivity contribution is 1.18. The van der Waals surface area contributed by atoms with Crippen LogP contribution in [-0.2, 0) is 0 Å². The molecule has 0 amide bonds. The van der Waals surface area contributed by atoms with Crippen LogP contribution in [0.3, 0.4) is 0 Å². The Labute approximate surface area is 741 Å². The molecule has 0 aliphatic carbocycles. The second kappa shape index (κ2) is 27.8. The van der Waals surface area contributed by atoms with Crippen molar-refractivity contribution in [1.29, 1.82) is 0 Å². The summed E-state index contributed by atoms with van der Waals surface area (Å²) < 4.78 is 8.00. The van der Waals surface area contributed by atoms with E-state index >= 15 is 0 Å². The maximum atomic E-state index is 2.67. The molecular formula is C126H75N3. The molecule has 0 aliphatic heterocycles. The minimum Gasteiger partial charge on any atom is -0.308 e. The molecule has 0 unspecified atom stereocenters. The molecule has 0 atom stereocenters. The lowest BCUT2D eigenvalue weighted by Gasteiger charge is -2.20.